The molecule has 2 rings (SSSR count). The molecule has 1 aromatic carbocycles. The molecule has 18 heavy (non-hydrogen) atoms. The Kier molecular flexibility index (Phi) is 6.36. The molecule has 0 radical (unpaired) electrons. The van der Waals surface area contributed by atoms with Crippen LogP contribution in [0.1, 0.15) is 18.4 Å². The van der Waals surface area contributed by atoms with Gasteiger partial charge in [-0.1, -0.05) is 23.7 Å². The zero-order valence-corrected chi connectivity index (χ0v) is 12.0. The second-order valence-electron chi connectivity index (χ2n) is 4.55. The first-order valence-electron chi connectivity index (χ1n) is 6.03. The molecule has 1 heterocycles. The standard InChI is InChI=1S/C13H18ClFN2.ClH/c1-16-11-5-7-17(8-6-11)9-10-3-2-4-12(14)13(10)15;/h2-4,11,16H,5-9H2,1H3;1H. The Labute approximate surface area is 119 Å². The fourth-order valence-electron chi connectivity index (χ4n) is 2.29. The van der Waals surface area contributed by atoms with Gasteiger partial charge in [-0.25, -0.2) is 4.39 Å². The third-order valence-corrected chi connectivity index (χ3v) is 3.71. The molecule has 0 saturated carbocycles. The van der Waals surface area contributed by atoms with Gasteiger partial charge in [-0.3, -0.25) is 4.90 Å². The quantitative estimate of drug-likeness (QED) is 0.921. The monoisotopic (exact) mass is 292 g/mol. The largest absolute Gasteiger partial charge is 0.317 e. The van der Waals surface area contributed by atoms with Crippen molar-refractivity contribution in [2.75, 3.05) is 20.1 Å². The minimum absolute atomic E-state index is 0. The van der Waals surface area contributed by atoms with E-state index in [0.29, 0.717) is 18.2 Å². The highest BCUT2D eigenvalue weighted by Gasteiger charge is 2.18. The number of rotatable bonds is 3. The minimum Gasteiger partial charge on any atom is -0.317 e. The molecule has 1 fully saturated rings. The van der Waals surface area contributed by atoms with Crippen molar-refractivity contribution in [1.82, 2.24) is 10.2 Å². The van der Waals surface area contributed by atoms with Crippen LogP contribution in [0.25, 0.3) is 0 Å². The number of nitrogens with one attached hydrogen (secondary N) is 1. The lowest BCUT2D eigenvalue weighted by Crippen LogP contribution is -2.40. The number of piperidine rings is 1. The zero-order chi connectivity index (χ0) is 12.3. The van der Waals surface area contributed by atoms with E-state index >= 15 is 0 Å². The Hall–Kier alpha value is -0.350. The molecule has 0 aromatic heterocycles. The average Bonchev–Trinajstić information content (AvgIpc) is 2.36. The fraction of sp³-hybridized carbons (Fsp3) is 0.538. The highest BCUT2D eigenvalue weighted by Crippen LogP contribution is 2.20. The summed E-state index contributed by atoms with van der Waals surface area (Å²) in [5.74, 6) is -0.273. The number of likely N-dealkylation sites (tertiary alicyclic amines) is 1. The van der Waals surface area contributed by atoms with Gasteiger partial charge in [0.2, 0.25) is 0 Å². The number of halogens is 3. The van der Waals surface area contributed by atoms with Gasteiger partial charge in [-0.15, -0.1) is 12.4 Å². The predicted molar refractivity (Wildman–Crippen MR) is 76.0 cm³/mol. The number of nitrogens with zero attached hydrogens (tertiary/aromatic N) is 1. The molecule has 0 atom stereocenters. The van der Waals surface area contributed by atoms with Gasteiger partial charge in [0.25, 0.3) is 0 Å². The Morgan fingerprint density at radius 2 is 2.06 bits per heavy atom. The summed E-state index contributed by atoms with van der Waals surface area (Å²) in [5.41, 5.74) is 0.695. The van der Waals surface area contributed by atoms with E-state index in [1.54, 1.807) is 12.1 Å². The van der Waals surface area contributed by atoms with Crippen LogP contribution < -0.4 is 5.32 Å². The molecule has 2 nitrogen and oxygen atoms in total. The van der Waals surface area contributed by atoms with Gasteiger partial charge in [-0.2, -0.15) is 0 Å². The summed E-state index contributed by atoms with van der Waals surface area (Å²) >= 11 is 5.77. The van der Waals surface area contributed by atoms with Crippen molar-refractivity contribution in [2.45, 2.75) is 25.4 Å². The van der Waals surface area contributed by atoms with Crippen molar-refractivity contribution in [3.8, 4) is 0 Å². The molecule has 0 bridgehead atoms. The van der Waals surface area contributed by atoms with Crippen LogP contribution in [-0.2, 0) is 6.54 Å². The van der Waals surface area contributed by atoms with Gasteiger partial charge in [0, 0.05) is 18.2 Å². The maximum atomic E-state index is 13.7. The molecule has 1 aromatic rings. The van der Waals surface area contributed by atoms with Gasteiger partial charge in [0.15, 0.2) is 0 Å². The molecule has 0 amide bonds. The average molecular weight is 293 g/mol. The van der Waals surface area contributed by atoms with Gasteiger partial charge in [0.05, 0.1) is 5.02 Å². The summed E-state index contributed by atoms with van der Waals surface area (Å²) < 4.78 is 13.7. The van der Waals surface area contributed by atoms with Crippen molar-refractivity contribution in [1.29, 1.82) is 0 Å². The second-order valence-corrected chi connectivity index (χ2v) is 4.96. The summed E-state index contributed by atoms with van der Waals surface area (Å²) in [6.07, 6.45) is 2.25. The lowest BCUT2D eigenvalue weighted by atomic mass is 10.0. The van der Waals surface area contributed by atoms with Crippen LogP contribution in [0.4, 0.5) is 4.39 Å². The van der Waals surface area contributed by atoms with Crippen LogP contribution in [0.5, 0.6) is 0 Å². The highest BCUT2D eigenvalue weighted by atomic mass is 35.5. The van der Waals surface area contributed by atoms with Crippen molar-refractivity contribution in [2.24, 2.45) is 0 Å². The fourth-order valence-corrected chi connectivity index (χ4v) is 2.49. The maximum Gasteiger partial charge on any atom is 0.146 e. The van der Waals surface area contributed by atoms with E-state index in [0.717, 1.165) is 25.9 Å². The van der Waals surface area contributed by atoms with Crippen molar-refractivity contribution in [3.63, 3.8) is 0 Å². The van der Waals surface area contributed by atoms with Crippen LogP contribution in [0.15, 0.2) is 18.2 Å². The summed E-state index contributed by atoms with van der Waals surface area (Å²) in [5, 5.41) is 3.50. The zero-order valence-electron chi connectivity index (χ0n) is 10.5. The van der Waals surface area contributed by atoms with Crippen LogP contribution in [0.3, 0.4) is 0 Å². The molecular formula is C13H19Cl2FN2. The maximum absolute atomic E-state index is 13.7. The molecule has 1 saturated heterocycles. The van der Waals surface area contributed by atoms with Gasteiger partial charge < -0.3 is 5.32 Å². The van der Waals surface area contributed by atoms with Crippen LogP contribution in [0, 0.1) is 5.82 Å². The molecule has 1 N–H and O–H groups in total. The van der Waals surface area contributed by atoms with Crippen LogP contribution in [-0.4, -0.2) is 31.1 Å². The molecule has 0 unspecified atom stereocenters. The van der Waals surface area contributed by atoms with Crippen LogP contribution >= 0.6 is 24.0 Å². The summed E-state index contributed by atoms with van der Waals surface area (Å²) in [6.45, 7) is 2.68. The first-order valence-corrected chi connectivity index (χ1v) is 6.41. The van der Waals surface area contributed by atoms with E-state index in [4.69, 9.17) is 11.6 Å². The Balaban J connectivity index is 0.00000162. The summed E-state index contributed by atoms with van der Waals surface area (Å²) in [4.78, 5) is 2.28. The minimum atomic E-state index is -0.273. The molecule has 5 heteroatoms. The first kappa shape index (κ1) is 15.7. The number of benzene rings is 1. The lowest BCUT2D eigenvalue weighted by molar-refractivity contribution is 0.192. The van der Waals surface area contributed by atoms with Crippen molar-refractivity contribution >= 4 is 24.0 Å². The van der Waals surface area contributed by atoms with E-state index in [1.807, 2.05) is 13.1 Å². The van der Waals surface area contributed by atoms with Gasteiger partial charge in [0.1, 0.15) is 5.82 Å². The Morgan fingerprint density at radius 3 is 2.67 bits per heavy atom. The second kappa shape index (κ2) is 7.29. The molecular weight excluding hydrogens is 274 g/mol. The number of hydrogen-bond acceptors (Lipinski definition) is 2. The van der Waals surface area contributed by atoms with Crippen LogP contribution in [0.2, 0.25) is 5.02 Å². The smallest absolute Gasteiger partial charge is 0.146 e. The molecule has 1 aliphatic rings. The molecule has 102 valence electrons. The summed E-state index contributed by atoms with van der Waals surface area (Å²) in [6, 6.07) is 5.82. The van der Waals surface area contributed by atoms with E-state index in [1.165, 1.54) is 0 Å². The van der Waals surface area contributed by atoms with Gasteiger partial charge in [-0.05, 0) is 39.0 Å². The first-order chi connectivity index (χ1) is 8.20. The Morgan fingerprint density at radius 1 is 1.39 bits per heavy atom. The number of hydrogen-bond donors (Lipinski definition) is 1. The third-order valence-electron chi connectivity index (χ3n) is 3.42. The lowest BCUT2D eigenvalue weighted by Gasteiger charge is -2.31. The van der Waals surface area contributed by atoms with Crippen molar-refractivity contribution in [3.05, 3.63) is 34.6 Å². The third kappa shape index (κ3) is 3.82. The van der Waals surface area contributed by atoms with E-state index in [2.05, 4.69) is 10.2 Å². The highest BCUT2D eigenvalue weighted by molar-refractivity contribution is 6.30. The predicted octanol–water partition coefficient (Wildman–Crippen LogP) is 3.08. The van der Waals surface area contributed by atoms with E-state index in [-0.39, 0.29) is 23.2 Å². The topological polar surface area (TPSA) is 15.3 Å². The SMILES string of the molecule is CNC1CCN(Cc2cccc(Cl)c2F)CC1.Cl. The Bertz CT molecular complexity index is 379. The molecule has 1 aliphatic heterocycles. The van der Waals surface area contributed by atoms with Crippen molar-refractivity contribution < 1.29 is 4.39 Å². The molecule has 0 aliphatic carbocycles. The summed E-state index contributed by atoms with van der Waals surface area (Å²) in [7, 11) is 2.00. The normalized spacial score (nSPS) is 17.5. The molecule has 0 spiro atoms. The van der Waals surface area contributed by atoms with E-state index in [9.17, 15) is 4.39 Å². The van der Waals surface area contributed by atoms with E-state index < -0.39 is 0 Å². The van der Waals surface area contributed by atoms with Gasteiger partial charge >= 0.3 is 0 Å².